The Labute approximate surface area is 123 Å². The Kier molecular flexibility index (Phi) is 3.19. The second-order valence-corrected chi connectivity index (χ2v) is 5.62. The second-order valence-electron chi connectivity index (χ2n) is 5.62. The molecule has 3 heterocycles. The van der Waals surface area contributed by atoms with Crippen molar-refractivity contribution in [1.82, 2.24) is 10.3 Å². The Bertz CT molecular complexity index is 634. The molecule has 3 rings (SSSR count). The van der Waals surface area contributed by atoms with E-state index in [0.717, 1.165) is 5.56 Å². The van der Waals surface area contributed by atoms with Crippen molar-refractivity contribution in [3.63, 3.8) is 0 Å². The first-order valence-corrected chi connectivity index (χ1v) is 7.02. The summed E-state index contributed by atoms with van der Waals surface area (Å²) in [6, 6.07) is 3.53. The summed E-state index contributed by atoms with van der Waals surface area (Å²) in [6.07, 6.45) is 0.825. The van der Waals surface area contributed by atoms with Crippen LogP contribution in [0.1, 0.15) is 31.0 Å². The fourth-order valence-corrected chi connectivity index (χ4v) is 3.24. The Morgan fingerprint density at radius 2 is 2.29 bits per heavy atom. The number of pyridine rings is 1. The third-order valence-electron chi connectivity index (χ3n) is 4.59. The maximum absolute atomic E-state index is 12.7. The number of carbonyl (C=O) groups excluding carboxylic acids is 1. The molecule has 0 radical (unpaired) electrons. The summed E-state index contributed by atoms with van der Waals surface area (Å²) in [6.45, 7) is 9.79. The quantitative estimate of drug-likeness (QED) is 0.814. The molecule has 21 heavy (non-hydrogen) atoms. The predicted molar refractivity (Wildman–Crippen MR) is 74.8 cm³/mol. The average Bonchev–Trinajstić information content (AvgIpc) is 2.47. The summed E-state index contributed by atoms with van der Waals surface area (Å²) in [5.41, 5.74) is 0.148. The highest BCUT2D eigenvalue weighted by Gasteiger charge is 2.57. The highest BCUT2D eigenvalue weighted by molar-refractivity contribution is 5.91. The number of nitrogens with zero attached hydrogens (tertiary/aromatic N) is 2. The smallest absolute Gasteiger partial charge is 0.269 e. The lowest BCUT2D eigenvalue weighted by atomic mass is 9.68. The van der Waals surface area contributed by atoms with Gasteiger partial charge in [-0.15, -0.1) is 4.98 Å². The number of ether oxygens (including phenoxy) is 1. The monoisotopic (exact) mass is 287 g/mol. The van der Waals surface area contributed by atoms with Gasteiger partial charge in [-0.05, 0) is 18.9 Å². The van der Waals surface area contributed by atoms with Crippen LogP contribution in [0.25, 0.3) is 4.85 Å². The van der Waals surface area contributed by atoms with Gasteiger partial charge >= 0.3 is 0 Å². The lowest BCUT2D eigenvalue weighted by Gasteiger charge is -2.49. The summed E-state index contributed by atoms with van der Waals surface area (Å²) >= 11 is 0. The first-order valence-electron chi connectivity index (χ1n) is 7.02. The van der Waals surface area contributed by atoms with E-state index >= 15 is 0 Å². The molecule has 0 saturated carbocycles. The zero-order chi connectivity index (χ0) is 15.1. The van der Waals surface area contributed by atoms with E-state index < -0.39 is 11.0 Å². The number of hydrogen-bond acceptors (Lipinski definition) is 4. The van der Waals surface area contributed by atoms with Crippen LogP contribution in [0, 0.1) is 6.57 Å². The molecule has 6 nitrogen and oxygen atoms in total. The highest BCUT2D eigenvalue weighted by atomic mass is 16.5. The number of aromatic nitrogens is 1. The van der Waals surface area contributed by atoms with Gasteiger partial charge in [0.25, 0.3) is 5.82 Å². The number of carbonyl (C=O) groups is 1. The van der Waals surface area contributed by atoms with Crippen LogP contribution in [0.5, 0.6) is 0 Å². The lowest BCUT2D eigenvalue weighted by Crippen LogP contribution is -2.67. The van der Waals surface area contributed by atoms with Crippen molar-refractivity contribution in [2.24, 2.45) is 0 Å². The van der Waals surface area contributed by atoms with E-state index in [9.17, 15) is 9.90 Å². The van der Waals surface area contributed by atoms with Gasteiger partial charge in [0.15, 0.2) is 5.69 Å². The number of hydrogen-bond donors (Lipinski definition) is 2. The molecular weight excluding hydrogens is 270 g/mol. The van der Waals surface area contributed by atoms with Crippen LogP contribution in [-0.4, -0.2) is 35.8 Å². The van der Waals surface area contributed by atoms with Crippen molar-refractivity contribution in [2.45, 2.75) is 30.7 Å². The number of rotatable bonds is 3. The van der Waals surface area contributed by atoms with Crippen LogP contribution < -0.4 is 5.32 Å². The third kappa shape index (κ3) is 1.78. The first-order chi connectivity index (χ1) is 10.1. The maximum Gasteiger partial charge on any atom is 0.269 e. The standard InChI is InChI=1S/C15H17N3O3/c1-3-14(6-7-19)12-10(4-5-11(16-2)17-12)15(8-21-9-15)18-13(14)20/h4-5,19H,3,6-9H2,1H3,(H,18,20). The zero-order valence-corrected chi connectivity index (χ0v) is 11.8. The van der Waals surface area contributed by atoms with Gasteiger partial charge in [-0.25, -0.2) is 0 Å². The van der Waals surface area contributed by atoms with Gasteiger partial charge in [0, 0.05) is 12.2 Å². The minimum absolute atomic E-state index is 0.103. The maximum atomic E-state index is 12.7. The summed E-state index contributed by atoms with van der Waals surface area (Å²) in [5, 5.41) is 12.5. The average molecular weight is 287 g/mol. The van der Waals surface area contributed by atoms with Crippen molar-refractivity contribution in [2.75, 3.05) is 19.8 Å². The second kappa shape index (κ2) is 4.79. The highest BCUT2D eigenvalue weighted by Crippen LogP contribution is 2.45. The van der Waals surface area contributed by atoms with Crippen molar-refractivity contribution < 1.29 is 14.6 Å². The van der Waals surface area contributed by atoms with Gasteiger partial charge in [-0.1, -0.05) is 19.6 Å². The minimum atomic E-state index is -0.869. The van der Waals surface area contributed by atoms with E-state index in [2.05, 4.69) is 15.1 Å². The Morgan fingerprint density at radius 3 is 2.81 bits per heavy atom. The van der Waals surface area contributed by atoms with Crippen LogP contribution in [0.2, 0.25) is 0 Å². The topological polar surface area (TPSA) is 75.8 Å². The van der Waals surface area contributed by atoms with Gasteiger partial charge in [0.1, 0.15) is 11.0 Å². The molecule has 110 valence electrons. The molecule has 1 aromatic rings. The molecule has 1 saturated heterocycles. The third-order valence-corrected chi connectivity index (χ3v) is 4.59. The molecule has 2 aliphatic heterocycles. The zero-order valence-electron chi connectivity index (χ0n) is 11.8. The first kappa shape index (κ1) is 14.0. The van der Waals surface area contributed by atoms with Crippen molar-refractivity contribution in [3.8, 4) is 0 Å². The van der Waals surface area contributed by atoms with Gasteiger partial charge in [0.2, 0.25) is 5.91 Å². The molecular formula is C15H17N3O3. The van der Waals surface area contributed by atoms with Crippen LogP contribution in [0.15, 0.2) is 12.1 Å². The normalized spacial score (nSPS) is 25.7. The molecule has 0 bridgehead atoms. The lowest BCUT2D eigenvalue weighted by molar-refractivity contribution is -0.144. The number of aliphatic hydroxyl groups excluding tert-OH is 1. The summed E-state index contributed by atoms with van der Waals surface area (Å²) in [7, 11) is 0. The molecule has 1 fully saturated rings. The number of nitrogens with one attached hydrogen (secondary N) is 1. The number of fused-ring (bicyclic) bond motifs is 2. The van der Waals surface area contributed by atoms with Crippen LogP contribution in [0.3, 0.4) is 0 Å². The van der Waals surface area contributed by atoms with E-state index in [0.29, 0.717) is 31.7 Å². The van der Waals surface area contributed by atoms with E-state index in [1.165, 1.54) is 0 Å². The van der Waals surface area contributed by atoms with E-state index in [4.69, 9.17) is 11.3 Å². The molecule has 1 aromatic heterocycles. The molecule has 2 aliphatic rings. The Morgan fingerprint density at radius 1 is 1.52 bits per heavy atom. The summed E-state index contributed by atoms with van der Waals surface area (Å²) < 4.78 is 5.29. The number of aliphatic hydroxyl groups is 1. The van der Waals surface area contributed by atoms with Gasteiger partial charge in [-0.3, -0.25) is 4.79 Å². The molecule has 0 aliphatic carbocycles. The fraction of sp³-hybridized carbons (Fsp3) is 0.533. The molecule has 1 atom stereocenters. The van der Waals surface area contributed by atoms with Crippen molar-refractivity contribution in [3.05, 3.63) is 34.8 Å². The largest absolute Gasteiger partial charge is 0.396 e. The molecule has 1 unspecified atom stereocenters. The summed E-state index contributed by atoms with van der Waals surface area (Å²) in [4.78, 5) is 20.5. The molecule has 1 spiro atoms. The Balaban J connectivity index is 2.23. The van der Waals surface area contributed by atoms with E-state index in [1.807, 2.05) is 13.0 Å². The Hall–Kier alpha value is -1.97. The van der Waals surface area contributed by atoms with Gasteiger partial charge in [0.05, 0.1) is 13.2 Å². The predicted octanol–water partition coefficient (Wildman–Crippen LogP) is 1.02. The van der Waals surface area contributed by atoms with E-state index in [-0.39, 0.29) is 18.3 Å². The van der Waals surface area contributed by atoms with Gasteiger partial charge in [-0.2, -0.15) is 0 Å². The SMILES string of the molecule is [C-]#[N+]c1ccc2c(n1)C(CC)(CCO)C(=O)NC21COC1. The van der Waals surface area contributed by atoms with Crippen LogP contribution in [-0.2, 0) is 20.5 Å². The minimum Gasteiger partial charge on any atom is -0.396 e. The van der Waals surface area contributed by atoms with E-state index in [1.54, 1.807) is 6.07 Å². The molecule has 6 heteroatoms. The fourth-order valence-electron chi connectivity index (χ4n) is 3.24. The van der Waals surface area contributed by atoms with Gasteiger partial charge < -0.3 is 20.0 Å². The molecule has 1 amide bonds. The van der Waals surface area contributed by atoms with Crippen molar-refractivity contribution >= 4 is 11.7 Å². The molecule has 2 N–H and O–H groups in total. The molecule has 0 aromatic carbocycles. The summed E-state index contributed by atoms with van der Waals surface area (Å²) in [5.74, 6) is 0.138. The van der Waals surface area contributed by atoms with Crippen molar-refractivity contribution in [1.29, 1.82) is 0 Å². The van der Waals surface area contributed by atoms with Crippen LogP contribution >= 0.6 is 0 Å². The van der Waals surface area contributed by atoms with Crippen LogP contribution in [0.4, 0.5) is 5.82 Å². The number of amides is 1.